The molecule has 0 amide bonds. The second kappa shape index (κ2) is 6.11. The SMILES string of the molecule is C1CCC2(CC1)CN=C(NC1CCN3CCCC3C1)SC2. The lowest BCUT2D eigenvalue weighted by Crippen LogP contribution is -2.48. The zero-order valence-electron chi connectivity index (χ0n) is 13.1. The van der Waals surface area contributed by atoms with Crippen molar-refractivity contribution in [2.24, 2.45) is 10.4 Å². The number of nitrogens with one attached hydrogen (secondary N) is 1. The second-order valence-corrected chi connectivity index (χ2v) is 8.63. The van der Waals surface area contributed by atoms with Crippen LogP contribution in [0.25, 0.3) is 0 Å². The van der Waals surface area contributed by atoms with Crippen LogP contribution >= 0.6 is 11.8 Å². The van der Waals surface area contributed by atoms with Crippen molar-refractivity contribution in [3.05, 3.63) is 0 Å². The highest BCUT2D eigenvalue weighted by Gasteiger charge is 2.36. The van der Waals surface area contributed by atoms with Crippen molar-refractivity contribution in [1.82, 2.24) is 10.2 Å². The number of piperidine rings is 1. The van der Waals surface area contributed by atoms with E-state index >= 15 is 0 Å². The quantitative estimate of drug-likeness (QED) is 0.806. The minimum atomic E-state index is 0.558. The Morgan fingerprint density at radius 1 is 1.10 bits per heavy atom. The van der Waals surface area contributed by atoms with Gasteiger partial charge < -0.3 is 10.2 Å². The summed E-state index contributed by atoms with van der Waals surface area (Å²) in [4.78, 5) is 7.64. The van der Waals surface area contributed by atoms with E-state index < -0.39 is 0 Å². The predicted molar refractivity (Wildman–Crippen MR) is 91.0 cm³/mol. The summed E-state index contributed by atoms with van der Waals surface area (Å²) in [7, 11) is 0. The van der Waals surface area contributed by atoms with Crippen LogP contribution in [-0.4, -0.2) is 47.5 Å². The van der Waals surface area contributed by atoms with Crippen molar-refractivity contribution in [2.75, 3.05) is 25.4 Å². The van der Waals surface area contributed by atoms with E-state index in [9.17, 15) is 0 Å². The first-order chi connectivity index (χ1) is 10.3. The zero-order valence-corrected chi connectivity index (χ0v) is 14.0. The summed E-state index contributed by atoms with van der Waals surface area (Å²) in [5.74, 6) is 1.31. The van der Waals surface area contributed by atoms with Gasteiger partial charge in [-0.3, -0.25) is 4.99 Å². The highest BCUT2D eigenvalue weighted by molar-refractivity contribution is 8.13. The number of nitrogens with zero attached hydrogens (tertiary/aromatic N) is 2. The van der Waals surface area contributed by atoms with Gasteiger partial charge in [0.25, 0.3) is 0 Å². The van der Waals surface area contributed by atoms with E-state index in [-0.39, 0.29) is 0 Å². The third-order valence-corrected chi connectivity index (χ3v) is 7.41. The van der Waals surface area contributed by atoms with Crippen LogP contribution in [0.3, 0.4) is 0 Å². The van der Waals surface area contributed by atoms with Crippen molar-refractivity contribution in [1.29, 1.82) is 0 Å². The molecule has 1 spiro atoms. The number of hydrogen-bond donors (Lipinski definition) is 1. The summed E-state index contributed by atoms with van der Waals surface area (Å²) >= 11 is 2.01. The minimum Gasteiger partial charge on any atom is -0.362 e. The molecule has 1 saturated carbocycles. The van der Waals surface area contributed by atoms with Gasteiger partial charge in [0.1, 0.15) is 0 Å². The van der Waals surface area contributed by atoms with Crippen molar-refractivity contribution < 1.29 is 0 Å². The van der Waals surface area contributed by atoms with Gasteiger partial charge in [0, 0.05) is 30.9 Å². The number of fused-ring (bicyclic) bond motifs is 1. The van der Waals surface area contributed by atoms with Crippen LogP contribution in [-0.2, 0) is 0 Å². The molecule has 3 nitrogen and oxygen atoms in total. The molecule has 0 radical (unpaired) electrons. The van der Waals surface area contributed by atoms with Crippen LogP contribution in [0.2, 0.25) is 0 Å². The minimum absolute atomic E-state index is 0.558. The van der Waals surface area contributed by atoms with Crippen LogP contribution in [0.4, 0.5) is 0 Å². The molecule has 4 heteroatoms. The molecular formula is C17H29N3S. The largest absolute Gasteiger partial charge is 0.362 e. The molecule has 21 heavy (non-hydrogen) atoms. The Balaban J connectivity index is 1.31. The fourth-order valence-corrected chi connectivity index (χ4v) is 6.00. The van der Waals surface area contributed by atoms with E-state index in [1.807, 2.05) is 11.8 Å². The summed E-state index contributed by atoms with van der Waals surface area (Å²) in [6.45, 7) is 3.73. The summed E-state index contributed by atoms with van der Waals surface area (Å²) in [5.41, 5.74) is 0.558. The molecule has 0 bridgehead atoms. The lowest BCUT2D eigenvalue weighted by molar-refractivity contribution is 0.175. The van der Waals surface area contributed by atoms with Gasteiger partial charge in [0.15, 0.2) is 5.17 Å². The smallest absolute Gasteiger partial charge is 0.156 e. The van der Waals surface area contributed by atoms with Crippen molar-refractivity contribution in [2.45, 2.75) is 69.9 Å². The first kappa shape index (κ1) is 14.4. The predicted octanol–water partition coefficient (Wildman–Crippen LogP) is 3.26. The highest BCUT2D eigenvalue weighted by atomic mass is 32.2. The maximum atomic E-state index is 4.94. The third kappa shape index (κ3) is 3.12. The van der Waals surface area contributed by atoms with Gasteiger partial charge >= 0.3 is 0 Å². The maximum absolute atomic E-state index is 4.94. The first-order valence-corrected chi connectivity index (χ1v) is 9.99. The molecule has 0 aromatic rings. The van der Waals surface area contributed by atoms with Gasteiger partial charge in [-0.05, 0) is 50.5 Å². The van der Waals surface area contributed by atoms with Gasteiger partial charge in [0.05, 0.1) is 0 Å². The van der Waals surface area contributed by atoms with Gasteiger partial charge in [-0.25, -0.2) is 0 Å². The van der Waals surface area contributed by atoms with Gasteiger partial charge in [-0.2, -0.15) is 0 Å². The van der Waals surface area contributed by atoms with Crippen LogP contribution in [0.15, 0.2) is 4.99 Å². The van der Waals surface area contributed by atoms with Crippen molar-refractivity contribution >= 4 is 16.9 Å². The summed E-state index contributed by atoms with van der Waals surface area (Å²) in [6.07, 6.45) is 12.6. The maximum Gasteiger partial charge on any atom is 0.156 e. The van der Waals surface area contributed by atoms with Gasteiger partial charge in [0.2, 0.25) is 0 Å². The van der Waals surface area contributed by atoms with E-state index in [4.69, 9.17) is 4.99 Å². The van der Waals surface area contributed by atoms with E-state index in [2.05, 4.69) is 10.2 Å². The molecular weight excluding hydrogens is 278 g/mol. The summed E-state index contributed by atoms with van der Waals surface area (Å²) in [6, 6.07) is 1.53. The molecule has 3 heterocycles. The van der Waals surface area contributed by atoms with Gasteiger partial charge in [-0.15, -0.1) is 0 Å². The normalized spacial score (nSPS) is 36.3. The van der Waals surface area contributed by atoms with Crippen LogP contribution in [0, 0.1) is 5.41 Å². The lowest BCUT2D eigenvalue weighted by atomic mass is 9.75. The Morgan fingerprint density at radius 2 is 2.00 bits per heavy atom. The molecule has 2 unspecified atom stereocenters. The van der Waals surface area contributed by atoms with E-state index in [1.165, 1.54) is 81.8 Å². The number of thioether (sulfide) groups is 1. The van der Waals surface area contributed by atoms with Crippen LogP contribution in [0.5, 0.6) is 0 Å². The fourth-order valence-electron chi connectivity index (χ4n) is 4.77. The first-order valence-electron chi connectivity index (χ1n) is 9.01. The molecule has 1 aliphatic carbocycles. The Morgan fingerprint density at radius 3 is 2.81 bits per heavy atom. The average Bonchev–Trinajstić information content (AvgIpc) is 2.98. The summed E-state index contributed by atoms with van der Waals surface area (Å²) < 4.78 is 0. The van der Waals surface area contributed by atoms with E-state index in [0.29, 0.717) is 11.5 Å². The van der Waals surface area contributed by atoms with Crippen molar-refractivity contribution in [3.63, 3.8) is 0 Å². The fraction of sp³-hybridized carbons (Fsp3) is 0.941. The molecule has 4 aliphatic rings. The van der Waals surface area contributed by atoms with Crippen molar-refractivity contribution in [3.8, 4) is 0 Å². The Labute approximate surface area is 133 Å². The topological polar surface area (TPSA) is 27.6 Å². The van der Waals surface area contributed by atoms with E-state index in [1.54, 1.807) is 0 Å². The standard InChI is InChI=1S/C17H29N3S/c1-2-7-17(8-3-1)12-18-16(21-13-17)19-14-6-10-20-9-4-5-15(20)11-14/h14-15H,1-13H2,(H,18,19). The zero-order chi connectivity index (χ0) is 14.1. The molecule has 2 atom stereocenters. The number of hydrogen-bond acceptors (Lipinski definition) is 4. The van der Waals surface area contributed by atoms with Crippen LogP contribution in [0.1, 0.15) is 57.8 Å². The molecule has 118 valence electrons. The Hall–Kier alpha value is -0.220. The molecule has 0 aromatic carbocycles. The molecule has 2 saturated heterocycles. The van der Waals surface area contributed by atoms with Crippen LogP contribution < -0.4 is 5.32 Å². The Bertz CT molecular complexity index is 403. The lowest BCUT2D eigenvalue weighted by Gasteiger charge is -2.40. The number of aliphatic imine (C=N–C) groups is 1. The van der Waals surface area contributed by atoms with Gasteiger partial charge in [-0.1, -0.05) is 31.0 Å². The average molecular weight is 308 g/mol. The summed E-state index contributed by atoms with van der Waals surface area (Å²) in [5, 5.41) is 5.03. The monoisotopic (exact) mass is 307 g/mol. The Kier molecular flexibility index (Phi) is 4.19. The molecule has 3 fully saturated rings. The number of rotatable bonds is 1. The molecule has 3 aliphatic heterocycles. The molecule has 0 aromatic heterocycles. The van der Waals surface area contributed by atoms with E-state index in [0.717, 1.165) is 12.6 Å². The molecule has 4 rings (SSSR count). The highest BCUT2D eigenvalue weighted by Crippen LogP contribution is 2.41. The third-order valence-electron chi connectivity index (χ3n) is 6.14. The second-order valence-electron chi connectivity index (χ2n) is 7.67. The molecule has 1 N–H and O–H groups in total. The number of amidine groups is 1.